The van der Waals surface area contributed by atoms with Crippen molar-refractivity contribution in [3.63, 3.8) is 0 Å². The summed E-state index contributed by atoms with van der Waals surface area (Å²) in [5.74, 6) is -0.274. The Labute approximate surface area is 149 Å². The SMILES string of the molecule is CCOC(=O)N1CC[NH+]([C@@H](C)C(=O)Nc2ccc(C(F)(F)F)cc2)CC1. The van der Waals surface area contributed by atoms with Crippen LogP contribution < -0.4 is 10.2 Å². The summed E-state index contributed by atoms with van der Waals surface area (Å²) >= 11 is 0. The minimum Gasteiger partial charge on any atom is -0.450 e. The van der Waals surface area contributed by atoms with Crippen molar-refractivity contribution in [1.29, 1.82) is 0 Å². The van der Waals surface area contributed by atoms with E-state index in [-0.39, 0.29) is 18.0 Å². The van der Waals surface area contributed by atoms with Crippen LogP contribution in [-0.2, 0) is 15.7 Å². The van der Waals surface area contributed by atoms with Crippen LogP contribution in [0.1, 0.15) is 19.4 Å². The molecule has 0 radical (unpaired) electrons. The van der Waals surface area contributed by atoms with E-state index in [1.165, 1.54) is 12.1 Å². The zero-order valence-electron chi connectivity index (χ0n) is 14.7. The number of hydrogen-bond donors (Lipinski definition) is 2. The lowest BCUT2D eigenvalue weighted by Gasteiger charge is -2.34. The number of nitrogens with zero attached hydrogens (tertiary/aromatic N) is 1. The van der Waals surface area contributed by atoms with Crippen LogP contribution in [0.4, 0.5) is 23.7 Å². The first-order chi connectivity index (χ1) is 12.2. The maximum atomic E-state index is 12.6. The Morgan fingerprint density at radius 1 is 1.23 bits per heavy atom. The maximum absolute atomic E-state index is 12.6. The third kappa shape index (κ3) is 5.10. The van der Waals surface area contributed by atoms with Gasteiger partial charge in [-0.3, -0.25) is 9.69 Å². The van der Waals surface area contributed by atoms with Gasteiger partial charge in [0.05, 0.1) is 38.3 Å². The maximum Gasteiger partial charge on any atom is 0.416 e. The number of carbonyl (C=O) groups excluding carboxylic acids is 2. The fourth-order valence-electron chi connectivity index (χ4n) is 2.80. The van der Waals surface area contributed by atoms with E-state index in [2.05, 4.69) is 5.32 Å². The second kappa shape index (κ2) is 8.39. The van der Waals surface area contributed by atoms with Crippen LogP contribution in [-0.4, -0.2) is 55.7 Å². The number of piperazine rings is 1. The molecule has 1 aliphatic heterocycles. The van der Waals surface area contributed by atoms with Crippen LogP contribution in [0.25, 0.3) is 0 Å². The molecular weight excluding hydrogens is 351 g/mol. The monoisotopic (exact) mass is 374 g/mol. The van der Waals surface area contributed by atoms with Crippen LogP contribution in [0.15, 0.2) is 24.3 Å². The molecular formula is C17H23F3N3O3+. The highest BCUT2D eigenvalue weighted by atomic mass is 19.4. The van der Waals surface area contributed by atoms with Gasteiger partial charge in [-0.25, -0.2) is 4.79 Å². The van der Waals surface area contributed by atoms with Crippen molar-refractivity contribution < 1.29 is 32.4 Å². The number of amides is 2. The van der Waals surface area contributed by atoms with Gasteiger partial charge in [-0.05, 0) is 38.1 Å². The first-order valence-corrected chi connectivity index (χ1v) is 8.46. The highest BCUT2D eigenvalue weighted by molar-refractivity contribution is 5.93. The predicted molar refractivity (Wildman–Crippen MR) is 88.8 cm³/mol. The smallest absolute Gasteiger partial charge is 0.416 e. The van der Waals surface area contributed by atoms with Crippen molar-refractivity contribution in [2.45, 2.75) is 26.1 Å². The van der Waals surface area contributed by atoms with Gasteiger partial charge in [-0.1, -0.05) is 0 Å². The largest absolute Gasteiger partial charge is 0.450 e. The highest BCUT2D eigenvalue weighted by Crippen LogP contribution is 2.29. The zero-order chi connectivity index (χ0) is 19.3. The molecule has 1 aromatic rings. The van der Waals surface area contributed by atoms with Crippen molar-refractivity contribution in [2.75, 3.05) is 38.1 Å². The molecule has 2 amide bonds. The number of benzene rings is 1. The van der Waals surface area contributed by atoms with Gasteiger partial charge in [0.25, 0.3) is 5.91 Å². The molecule has 1 aromatic carbocycles. The molecule has 6 nitrogen and oxygen atoms in total. The normalized spacial score (nSPS) is 16.9. The Morgan fingerprint density at radius 2 is 1.81 bits per heavy atom. The number of rotatable bonds is 4. The predicted octanol–water partition coefficient (Wildman–Crippen LogP) is 1.39. The molecule has 1 aliphatic rings. The third-order valence-corrected chi connectivity index (χ3v) is 4.42. The van der Waals surface area contributed by atoms with E-state index in [1.54, 1.807) is 18.7 Å². The summed E-state index contributed by atoms with van der Waals surface area (Å²) in [4.78, 5) is 26.6. The lowest BCUT2D eigenvalue weighted by Crippen LogP contribution is -3.19. The molecule has 1 heterocycles. The Hall–Kier alpha value is -2.29. The van der Waals surface area contributed by atoms with Crippen molar-refractivity contribution >= 4 is 17.7 Å². The van der Waals surface area contributed by atoms with Crippen LogP contribution in [0.5, 0.6) is 0 Å². The van der Waals surface area contributed by atoms with Crippen molar-refractivity contribution in [3.05, 3.63) is 29.8 Å². The number of anilines is 1. The summed E-state index contributed by atoms with van der Waals surface area (Å²) in [5, 5.41) is 2.64. The van der Waals surface area contributed by atoms with Gasteiger partial charge in [-0.2, -0.15) is 13.2 Å². The average molecular weight is 374 g/mol. The fourth-order valence-corrected chi connectivity index (χ4v) is 2.80. The summed E-state index contributed by atoms with van der Waals surface area (Å²) in [6, 6.07) is 3.96. The molecule has 0 saturated carbocycles. The van der Waals surface area contributed by atoms with Gasteiger partial charge in [0.15, 0.2) is 6.04 Å². The minimum atomic E-state index is -4.40. The van der Waals surface area contributed by atoms with E-state index < -0.39 is 11.7 Å². The molecule has 1 fully saturated rings. The molecule has 1 saturated heterocycles. The van der Waals surface area contributed by atoms with Crippen molar-refractivity contribution in [1.82, 2.24) is 4.90 Å². The Bertz CT molecular complexity index is 626. The first kappa shape index (κ1) is 20.0. The summed E-state index contributed by atoms with van der Waals surface area (Å²) in [6.07, 6.45) is -4.76. The van der Waals surface area contributed by atoms with Gasteiger partial charge in [0, 0.05) is 5.69 Å². The van der Waals surface area contributed by atoms with Crippen LogP contribution in [0, 0.1) is 0 Å². The summed E-state index contributed by atoms with van der Waals surface area (Å²) in [5.41, 5.74) is -0.441. The van der Waals surface area contributed by atoms with Gasteiger partial charge in [-0.15, -0.1) is 0 Å². The zero-order valence-corrected chi connectivity index (χ0v) is 14.7. The van der Waals surface area contributed by atoms with Gasteiger partial charge in [0.2, 0.25) is 0 Å². The number of alkyl halides is 3. The second-order valence-electron chi connectivity index (χ2n) is 6.13. The molecule has 1 atom stereocenters. The molecule has 0 unspecified atom stereocenters. The van der Waals surface area contributed by atoms with E-state index in [1.807, 2.05) is 0 Å². The molecule has 2 N–H and O–H groups in total. The lowest BCUT2D eigenvalue weighted by molar-refractivity contribution is -0.917. The second-order valence-corrected chi connectivity index (χ2v) is 6.13. The molecule has 2 rings (SSSR count). The van der Waals surface area contributed by atoms with E-state index in [0.29, 0.717) is 38.5 Å². The summed E-state index contributed by atoms with van der Waals surface area (Å²) in [7, 11) is 0. The molecule has 9 heteroatoms. The molecule has 0 aliphatic carbocycles. The van der Waals surface area contributed by atoms with E-state index in [4.69, 9.17) is 4.74 Å². The highest BCUT2D eigenvalue weighted by Gasteiger charge is 2.32. The third-order valence-electron chi connectivity index (χ3n) is 4.42. The summed E-state index contributed by atoms with van der Waals surface area (Å²) < 4.78 is 42.6. The number of carbonyl (C=O) groups is 2. The topological polar surface area (TPSA) is 63.1 Å². The fraction of sp³-hybridized carbons (Fsp3) is 0.529. The Kier molecular flexibility index (Phi) is 6.47. The van der Waals surface area contributed by atoms with Gasteiger partial charge < -0.3 is 15.0 Å². The number of ether oxygens (including phenoxy) is 1. The molecule has 26 heavy (non-hydrogen) atoms. The molecule has 0 aromatic heterocycles. The summed E-state index contributed by atoms with van der Waals surface area (Å²) in [6.45, 7) is 6.00. The first-order valence-electron chi connectivity index (χ1n) is 8.46. The van der Waals surface area contributed by atoms with Crippen LogP contribution in [0.2, 0.25) is 0 Å². The molecule has 144 valence electrons. The van der Waals surface area contributed by atoms with E-state index in [9.17, 15) is 22.8 Å². The van der Waals surface area contributed by atoms with Crippen LogP contribution in [0.3, 0.4) is 0 Å². The quantitative estimate of drug-likeness (QED) is 0.837. The van der Waals surface area contributed by atoms with E-state index >= 15 is 0 Å². The molecule has 0 spiro atoms. The standard InChI is InChI=1S/C17H22F3N3O3/c1-3-26-16(25)23-10-8-22(9-11-23)12(2)15(24)21-14-6-4-13(5-7-14)17(18,19)20/h4-7,12H,3,8-11H2,1-2H3,(H,21,24)/p+1/t12-/m0/s1. The van der Waals surface area contributed by atoms with Crippen molar-refractivity contribution in [2.24, 2.45) is 0 Å². The average Bonchev–Trinajstić information content (AvgIpc) is 2.61. The molecule has 0 bridgehead atoms. The van der Waals surface area contributed by atoms with E-state index in [0.717, 1.165) is 17.0 Å². The Morgan fingerprint density at radius 3 is 2.31 bits per heavy atom. The van der Waals surface area contributed by atoms with Crippen LogP contribution >= 0.6 is 0 Å². The Balaban J connectivity index is 1.87. The lowest BCUT2D eigenvalue weighted by atomic mass is 10.2. The number of quaternary nitrogens is 1. The number of halogens is 3. The van der Waals surface area contributed by atoms with Gasteiger partial charge >= 0.3 is 12.3 Å². The number of hydrogen-bond acceptors (Lipinski definition) is 3. The van der Waals surface area contributed by atoms with Gasteiger partial charge in [0.1, 0.15) is 0 Å². The number of nitrogens with one attached hydrogen (secondary N) is 2. The van der Waals surface area contributed by atoms with Crippen molar-refractivity contribution in [3.8, 4) is 0 Å². The minimum absolute atomic E-state index is 0.274.